The van der Waals surface area contributed by atoms with Crippen molar-refractivity contribution in [1.82, 2.24) is 5.32 Å². The molecule has 4 heteroatoms. The van der Waals surface area contributed by atoms with E-state index in [1.807, 2.05) is 0 Å². The smallest absolute Gasteiger partial charge is 0.128 e. The van der Waals surface area contributed by atoms with Crippen molar-refractivity contribution in [3.05, 3.63) is 58.6 Å². The Hall–Kier alpha value is -1.81. The Morgan fingerprint density at radius 2 is 1.88 bits per heavy atom. The maximum Gasteiger partial charge on any atom is 0.128 e. The fourth-order valence-corrected chi connectivity index (χ4v) is 4.23. The number of nitrogens with one attached hydrogen (secondary N) is 2. The van der Waals surface area contributed by atoms with Crippen molar-refractivity contribution < 1.29 is 0 Å². The van der Waals surface area contributed by atoms with Gasteiger partial charge < -0.3 is 10.6 Å². The first-order valence-electron chi connectivity index (χ1n) is 8.70. The number of anilines is 1. The van der Waals surface area contributed by atoms with Crippen molar-refractivity contribution in [1.29, 1.82) is 0 Å². The molecule has 0 unspecified atom stereocenters. The molecule has 0 amide bonds. The van der Waals surface area contributed by atoms with Gasteiger partial charge in [0.15, 0.2) is 0 Å². The lowest BCUT2D eigenvalue weighted by Crippen LogP contribution is -2.54. The van der Waals surface area contributed by atoms with Crippen LogP contribution in [0.15, 0.2) is 58.0 Å². The lowest BCUT2D eigenvalue weighted by Gasteiger charge is -2.42. The molecule has 4 rings (SSSR count). The van der Waals surface area contributed by atoms with E-state index in [2.05, 4.69) is 75.1 Å². The van der Waals surface area contributed by atoms with E-state index in [4.69, 9.17) is 4.99 Å². The highest BCUT2D eigenvalue weighted by Gasteiger charge is 2.40. The molecule has 0 bridgehead atoms. The Morgan fingerprint density at radius 1 is 1.04 bits per heavy atom. The van der Waals surface area contributed by atoms with Gasteiger partial charge in [0, 0.05) is 11.0 Å². The number of benzene rings is 2. The van der Waals surface area contributed by atoms with E-state index >= 15 is 0 Å². The van der Waals surface area contributed by atoms with Crippen LogP contribution in [0.25, 0.3) is 0 Å². The van der Waals surface area contributed by atoms with Gasteiger partial charge in [-0.1, -0.05) is 59.5 Å². The van der Waals surface area contributed by atoms with E-state index in [1.54, 1.807) is 0 Å². The highest BCUT2D eigenvalue weighted by Crippen LogP contribution is 2.40. The first kappa shape index (κ1) is 15.7. The number of aliphatic imine (C=N–C) groups is 1. The van der Waals surface area contributed by atoms with Gasteiger partial charge in [-0.05, 0) is 42.7 Å². The third-order valence-electron chi connectivity index (χ3n) is 5.02. The summed E-state index contributed by atoms with van der Waals surface area (Å²) in [5.74, 6) is 1.10. The standard InChI is InChI=1S/C20H22BrN3/c21-16-8-6-7-15(13-16)14-22-19-20(11-4-1-5-12-20)24-18-10-3-2-9-17(18)23-19/h2-3,6-10,13,24H,1,4-5,11-12,14H2,(H,22,23). The molecule has 0 radical (unpaired) electrons. The van der Waals surface area contributed by atoms with Gasteiger partial charge in [-0.25, -0.2) is 4.99 Å². The van der Waals surface area contributed by atoms with Crippen molar-refractivity contribution in [3.8, 4) is 0 Å². The third kappa shape index (κ3) is 3.07. The number of hydrogen-bond donors (Lipinski definition) is 2. The van der Waals surface area contributed by atoms with Crippen molar-refractivity contribution in [2.24, 2.45) is 4.99 Å². The SMILES string of the molecule is Brc1cccc(CNC2=Nc3ccccc3NC23CCCCC3)c1. The summed E-state index contributed by atoms with van der Waals surface area (Å²) in [6, 6.07) is 16.8. The normalized spacial score (nSPS) is 18.5. The second kappa shape index (κ2) is 6.60. The Kier molecular flexibility index (Phi) is 4.31. The van der Waals surface area contributed by atoms with Crippen LogP contribution >= 0.6 is 15.9 Å². The highest BCUT2D eigenvalue weighted by atomic mass is 79.9. The summed E-state index contributed by atoms with van der Waals surface area (Å²) in [7, 11) is 0. The Labute approximate surface area is 151 Å². The minimum Gasteiger partial charge on any atom is -0.371 e. The molecule has 24 heavy (non-hydrogen) atoms. The van der Waals surface area contributed by atoms with E-state index in [-0.39, 0.29) is 5.54 Å². The number of amidine groups is 1. The summed E-state index contributed by atoms with van der Waals surface area (Å²) in [6.45, 7) is 0.796. The minimum absolute atomic E-state index is 0.0292. The van der Waals surface area contributed by atoms with Gasteiger partial charge in [0.2, 0.25) is 0 Å². The fourth-order valence-electron chi connectivity index (χ4n) is 3.78. The van der Waals surface area contributed by atoms with Crippen LogP contribution in [0.3, 0.4) is 0 Å². The van der Waals surface area contributed by atoms with Gasteiger partial charge in [-0.2, -0.15) is 0 Å². The Morgan fingerprint density at radius 3 is 2.71 bits per heavy atom. The fraction of sp³-hybridized carbons (Fsp3) is 0.350. The first-order valence-corrected chi connectivity index (χ1v) is 9.49. The average molecular weight is 384 g/mol. The quantitative estimate of drug-likeness (QED) is 0.728. The van der Waals surface area contributed by atoms with Crippen LogP contribution in [0, 0.1) is 0 Å². The van der Waals surface area contributed by atoms with Crippen LogP contribution in [0.2, 0.25) is 0 Å². The summed E-state index contributed by atoms with van der Waals surface area (Å²) in [6.07, 6.45) is 6.13. The van der Waals surface area contributed by atoms with Crippen LogP contribution in [0.5, 0.6) is 0 Å². The predicted molar refractivity (Wildman–Crippen MR) is 104 cm³/mol. The number of halogens is 1. The van der Waals surface area contributed by atoms with Gasteiger partial charge in [-0.15, -0.1) is 0 Å². The summed E-state index contributed by atoms with van der Waals surface area (Å²) >= 11 is 3.55. The van der Waals surface area contributed by atoms with Crippen molar-refractivity contribution in [3.63, 3.8) is 0 Å². The van der Waals surface area contributed by atoms with E-state index < -0.39 is 0 Å². The van der Waals surface area contributed by atoms with Crippen LogP contribution in [-0.2, 0) is 6.54 Å². The second-order valence-corrected chi connectivity index (χ2v) is 7.64. The summed E-state index contributed by atoms with van der Waals surface area (Å²) in [5, 5.41) is 7.44. The minimum atomic E-state index is -0.0292. The van der Waals surface area contributed by atoms with Gasteiger partial charge in [0.1, 0.15) is 5.84 Å². The summed E-state index contributed by atoms with van der Waals surface area (Å²) in [5.41, 5.74) is 3.42. The van der Waals surface area contributed by atoms with Gasteiger partial charge in [0.05, 0.1) is 16.9 Å². The molecule has 1 saturated carbocycles. The number of para-hydroxylation sites is 2. The maximum atomic E-state index is 4.99. The van der Waals surface area contributed by atoms with E-state index in [9.17, 15) is 0 Å². The zero-order chi connectivity index (χ0) is 16.4. The predicted octanol–water partition coefficient (Wildman–Crippen LogP) is 5.40. The molecule has 1 aliphatic carbocycles. The van der Waals surface area contributed by atoms with Crippen LogP contribution in [0.4, 0.5) is 11.4 Å². The molecule has 0 aromatic heterocycles. The lowest BCUT2D eigenvalue weighted by atomic mass is 9.79. The number of rotatable bonds is 2. The Bertz CT molecular complexity index is 763. The molecule has 2 aliphatic rings. The largest absolute Gasteiger partial charge is 0.371 e. The topological polar surface area (TPSA) is 36.4 Å². The first-order chi connectivity index (χ1) is 11.8. The molecule has 0 saturated heterocycles. The molecular weight excluding hydrogens is 362 g/mol. The summed E-state index contributed by atoms with van der Waals surface area (Å²) in [4.78, 5) is 4.99. The van der Waals surface area contributed by atoms with Crippen molar-refractivity contribution in [2.45, 2.75) is 44.2 Å². The second-order valence-electron chi connectivity index (χ2n) is 6.73. The molecule has 124 valence electrons. The molecule has 1 fully saturated rings. The zero-order valence-corrected chi connectivity index (χ0v) is 15.3. The molecular formula is C20H22BrN3. The van der Waals surface area contributed by atoms with E-state index in [1.165, 1.54) is 24.8 Å². The van der Waals surface area contributed by atoms with Crippen molar-refractivity contribution >= 4 is 33.1 Å². The molecule has 1 heterocycles. The number of fused-ring (bicyclic) bond motifs is 1. The summed E-state index contributed by atoms with van der Waals surface area (Å²) < 4.78 is 1.11. The monoisotopic (exact) mass is 383 g/mol. The molecule has 2 N–H and O–H groups in total. The molecule has 3 nitrogen and oxygen atoms in total. The number of nitrogens with zero attached hydrogens (tertiary/aromatic N) is 1. The molecule has 2 aromatic rings. The maximum absolute atomic E-state index is 4.99. The number of hydrogen-bond acceptors (Lipinski definition) is 3. The Balaban J connectivity index is 1.63. The molecule has 1 aliphatic heterocycles. The molecule has 0 atom stereocenters. The van der Waals surface area contributed by atoms with Crippen LogP contribution in [-0.4, -0.2) is 11.4 Å². The highest BCUT2D eigenvalue weighted by molar-refractivity contribution is 9.10. The molecule has 2 aromatic carbocycles. The van der Waals surface area contributed by atoms with E-state index in [0.29, 0.717) is 0 Å². The van der Waals surface area contributed by atoms with E-state index in [0.717, 1.165) is 41.1 Å². The van der Waals surface area contributed by atoms with Crippen LogP contribution < -0.4 is 10.6 Å². The molecule has 1 spiro atoms. The van der Waals surface area contributed by atoms with Gasteiger partial charge in [0.25, 0.3) is 0 Å². The zero-order valence-electron chi connectivity index (χ0n) is 13.7. The lowest BCUT2D eigenvalue weighted by molar-refractivity contribution is 0.396. The van der Waals surface area contributed by atoms with Crippen molar-refractivity contribution in [2.75, 3.05) is 5.32 Å². The van der Waals surface area contributed by atoms with Gasteiger partial charge >= 0.3 is 0 Å². The van der Waals surface area contributed by atoms with Crippen LogP contribution in [0.1, 0.15) is 37.7 Å². The average Bonchev–Trinajstić information content (AvgIpc) is 2.61. The third-order valence-corrected chi connectivity index (χ3v) is 5.51. The van der Waals surface area contributed by atoms with Gasteiger partial charge in [-0.3, -0.25) is 0 Å².